The van der Waals surface area contributed by atoms with Gasteiger partial charge >= 0.3 is 12.5 Å². The van der Waals surface area contributed by atoms with Gasteiger partial charge in [0, 0.05) is 17.2 Å². The summed E-state index contributed by atoms with van der Waals surface area (Å²) in [5.41, 5.74) is 1.84. The Hall–Kier alpha value is -3.76. The molecule has 0 radical (unpaired) electrons. The molecule has 0 spiro atoms. The van der Waals surface area contributed by atoms with Crippen LogP contribution in [0.5, 0.6) is 5.75 Å². The zero-order valence-corrected chi connectivity index (χ0v) is 16.5. The fraction of sp³-hybridized carbons (Fsp3) is 0.286. The quantitative estimate of drug-likeness (QED) is 0.421. The summed E-state index contributed by atoms with van der Waals surface area (Å²) in [6, 6.07) is 5.78. The molecule has 0 bridgehead atoms. The van der Waals surface area contributed by atoms with Gasteiger partial charge in [0.15, 0.2) is 12.0 Å². The first-order valence-corrected chi connectivity index (χ1v) is 9.91. The summed E-state index contributed by atoms with van der Waals surface area (Å²) < 4.78 is 43.7. The highest BCUT2D eigenvalue weighted by Gasteiger charge is 2.40. The Morgan fingerprint density at radius 1 is 1.22 bits per heavy atom. The molecule has 2 N–H and O–H groups in total. The molecule has 11 heteroatoms. The van der Waals surface area contributed by atoms with Gasteiger partial charge in [-0.15, -0.1) is 13.2 Å². The van der Waals surface area contributed by atoms with E-state index in [9.17, 15) is 22.8 Å². The number of aliphatic imine (C=N–C) groups is 2. The maximum Gasteiger partial charge on any atom is 0.573 e. The zero-order valence-electron chi connectivity index (χ0n) is 16.5. The summed E-state index contributed by atoms with van der Waals surface area (Å²) in [6.07, 6.45) is 1.46. The maximum absolute atomic E-state index is 12.6. The van der Waals surface area contributed by atoms with E-state index in [0.29, 0.717) is 28.4 Å². The molecule has 3 heterocycles. The Morgan fingerprint density at radius 3 is 2.72 bits per heavy atom. The number of imide groups is 1. The fourth-order valence-electron chi connectivity index (χ4n) is 3.57. The van der Waals surface area contributed by atoms with Crippen LogP contribution in [0.3, 0.4) is 0 Å². The Balaban J connectivity index is 1.55. The molecule has 1 atom stereocenters. The van der Waals surface area contributed by atoms with Crippen LogP contribution in [0, 0.1) is 0 Å². The molecule has 5 rings (SSSR count). The van der Waals surface area contributed by atoms with Crippen molar-refractivity contribution in [3.05, 3.63) is 47.7 Å². The van der Waals surface area contributed by atoms with Crippen LogP contribution in [0.25, 0.3) is 5.70 Å². The number of rotatable bonds is 4. The second-order valence-electron chi connectivity index (χ2n) is 7.70. The van der Waals surface area contributed by atoms with Gasteiger partial charge in [-0.1, -0.05) is 12.1 Å². The van der Waals surface area contributed by atoms with Gasteiger partial charge in [-0.25, -0.2) is 4.99 Å². The van der Waals surface area contributed by atoms with E-state index in [4.69, 9.17) is 0 Å². The van der Waals surface area contributed by atoms with Crippen molar-refractivity contribution in [2.75, 3.05) is 0 Å². The van der Waals surface area contributed by atoms with Gasteiger partial charge in [-0.2, -0.15) is 4.58 Å². The van der Waals surface area contributed by atoms with Crippen molar-refractivity contribution in [2.24, 2.45) is 9.98 Å². The van der Waals surface area contributed by atoms with Gasteiger partial charge in [0.25, 0.3) is 5.91 Å². The number of fused-ring (bicyclic) bond motifs is 1. The number of nitrogens with zero attached hydrogens (tertiary/aromatic N) is 3. The minimum Gasteiger partial charge on any atom is -0.406 e. The molecule has 1 saturated heterocycles. The Kier molecular flexibility index (Phi) is 4.68. The van der Waals surface area contributed by atoms with Gasteiger partial charge in [0.1, 0.15) is 17.7 Å². The van der Waals surface area contributed by atoms with E-state index in [2.05, 4.69) is 25.4 Å². The predicted molar refractivity (Wildman–Crippen MR) is 108 cm³/mol. The summed E-state index contributed by atoms with van der Waals surface area (Å²) in [7, 11) is 0. The molecule has 1 aliphatic carbocycles. The third-order valence-corrected chi connectivity index (χ3v) is 5.15. The summed E-state index contributed by atoms with van der Waals surface area (Å²) in [4.78, 5) is 32.6. The van der Waals surface area contributed by atoms with Crippen molar-refractivity contribution in [1.29, 1.82) is 0 Å². The van der Waals surface area contributed by atoms with E-state index in [0.717, 1.165) is 12.8 Å². The van der Waals surface area contributed by atoms with Crippen molar-refractivity contribution in [1.82, 2.24) is 10.6 Å². The smallest absolute Gasteiger partial charge is 0.406 e. The number of carbonyl (C=O) groups excluding carboxylic acids is 2. The number of hydrogen-bond donors (Lipinski definition) is 2. The van der Waals surface area contributed by atoms with Gasteiger partial charge in [0.2, 0.25) is 11.6 Å². The lowest BCUT2D eigenvalue weighted by Gasteiger charge is -2.20. The average molecular weight is 444 g/mol. The van der Waals surface area contributed by atoms with Crippen LogP contribution in [-0.4, -0.2) is 52.7 Å². The molecule has 0 aromatic heterocycles. The minimum absolute atomic E-state index is 0.0245. The highest BCUT2D eigenvalue weighted by Crippen LogP contribution is 2.29. The lowest BCUT2D eigenvalue weighted by molar-refractivity contribution is -0.473. The van der Waals surface area contributed by atoms with Crippen LogP contribution >= 0.6 is 0 Å². The number of ether oxygens (including phenoxy) is 1. The number of alkyl halides is 3. The average Bonchev–Trinajstić information content (AvgIpc) is 3.35. The first-order valence-electron chi connectivity index (χ1n) is 9.91. The highest BCUT2D eigenvalue weighted by atomic mass is 19.4. The SMILES string of the molecule is O=C1C/C(=C\C2=[N+]3C=C(c4cccc(OC(F)(F)F)c4)NC(=NC4CC4)C3N=C2)C(=O)N1. The van der Waals surface area contributed by atoms with Crippen molar-refractivity contribution in [3.63, 3.8) is 0 Å². The molecule has 1 saturated carbocycles. The molecule has 164 valence electrons. The number of benzene rings is 1. The van der Waals surface area contributed by atoms with Crippen molar-refractivity contribution < 1.29 is 32.1 Å². The van der Waals surface area contributed by atoms with E-state index < -0.39 is 18.4 Å². The third-order valence-electron chi connectivity index (χ3n) is 5.15. The van der Waals surface area contributed by atoms with Gasteiger partial charge < -0.3 is 10.1 Å². The van der Waals surface area contributed by atoms with E-state index in [1.807, 2.05) is 0 Å². The second kappa shape index (κ2) is 7.43. The molecule has 2 fully saturated rings. The highest BCUT2D eigenvalue weighted by molar-refractivity contribution is 6.36. The monoisotopic (exact) mass is 444 g/mol. The molecule has 1 unspecified atom stereocenters. The molecular weight excluding hydrogens is 427 g/mol. The number of amidine groups is 1. The maximum atomic E-state index is 12.6. The number of halogens is 3. The second-order valence-corrected chi connectivity index (χ2v) is 7.70. The Bertz CT molecular complexity index is 1180. The van der Waals surface area contributed by atoms with Crippen LogP contribution in [0.1, 0.15) is 24.8 Å². The number of hydrogen-bond acceptors (Lipinski definition) is 5. The standard InChI is InChI=1S/C21H16F3N5O3/c22-21(23,24)32-15-3-1-2-11(7-15)16-10-29-14(6-12-8-17(30)28-20(12)31)9-25-19(29)18(27-16)26-13-4-5-13/h1-3,6-7,9-10,13,19H,4-5,8H2,(H-,25,26,27,28,30,31)/p+1. The molecular formula is C21H17F3N5O3+. The molecule has 1 aromatic carbocycles. The van der Waals surface area contributed by atoms with Gasteiger partial charge in [-0.3, -0.25) is 19.9 Å². The Morgan fingerprint density at radius 2 is 2.03 bits per heavy atom. The lowest BCUT2D eigenvalue weighted by atomic mass is 10.1. The van der Waals surface area contributed by atoms with Crippen LogP contribution in [0.4, 0.5) is 13.2 Å². The summed E-state index contributed by atoms with van der Waals surface area (Å²) in [5, 5.41) is 5.42. The number of nitrogens with one attached hydrogen (secondary N) is 2. The van der Waals surface area contributed by atoms with Crippen molar-refractivity contribution in [3.8, 4) is 5.75 Å². The third kappa shape index (κ3) is 4.18. The summed E-state index contributed by atoms with van der Waals surface area (Å²) in [6.45, 7) is 0. The molecule has 1 aromatic rings. The molecule has 8 nitrogen and oxygen atoms in total. The molecule has 4 aliphatic rings. The summed E-state index contributed by atoms with van der Waals surface area (Å²) in [5.74, 6) is -0.612. The zero-order chi connectivity index (χ0) is 22.5. The molecule has 32 heavy (non-hydrogen) atoms. The normalized spacial score (nSPS) is 25.2. The van der Waals surface area contributed by atoms with E-state index >= 15 is 0 Å². The molecule has 2 amide bonds. The topological polar surface area (TPSA) is 95.2 Å². The lowest BCUT2D eigenvalue weighted by Crippen LogP contribution is -2.43. The van der Waals surface area contributed by atoms with Crippen LogP contribution < -0.4 is 15.4 Å². The number of carbonyl (C=O) groups is 2. The van der Waals surface area contributed by atoms with Crippen molar-refractivity contribution in [2.45, 2.75) is 37.8 Å². The largest absolute Gasteiger partial charge is 0.573 e. The van der Waals surface area contributed by atoms with E-state index in [1.165, 1.54) is 18.2 Å². The predicted octanol–water partition coefficient (Wildman–Crippen LogP) is 1.88. The summed E-state index contributed by atoms with van der Waals surface area (Å²) >= 11 is 0. The number of allylic oxidation sites excluding steroid dienone is 1. The number of amides is 2. The van der Waals surface area contributed by atoms with Crippen LogP contribution in [0.2, 0.25) is 0 Å². The first-order chi connectivity index (χ1) is 15.2. The Labute approximate surface area is 179 Å². The molecule has 3 aliphatic heterocycles. The minimum atomic E-state index is -4.80. The van der Waals surface area contributed by atoms with Crippen molar-refractivity contribution >= 4 is 35.3 Å². The van der Waals surface area contributed by atoms with E-state index in [1.54, 1.807) is 29.1 Å². The van der Waals surface area contributed by atoms with Gasteiger partial charge in [0.05, 0.1) is 12.5 Å². The van der Waals surface area contributed by atoms with Gasteiger partial charge in [-0.05, 0) is 25.0 Å². The van der Waals surface area contributed by atoms with E-state index in [-0.39, 0.29) is 24.1 Å². The van der Waals surface area contributed by atoms with Crippen LogP contribution in [0.15, 0.2) is 52.1 Å². The first kappa shape index (κ1) is 20.2. The van der Waals surface area contributed by atoms with Crippen LogP contribution in [-0.2, 0) is 9.59 Å². The fourth-order valence-corrected chi connectivity index (χ4v) is 3.57.